The van der Waals surface area contributed by atoms with Gasteiger partial charge in [-0.3, -0.25) is 0 Å². The summed E-state index contributed by atoms with van der Waals surface area (Å²) in [6, 6.07) is 17.9. The van der Waals surface area contributed by atoms with Gasteiger partial charge in [-0.25, -0.2) is 4.98 Å². The van der Waals surface area contributed by atoms with Gasteiger partial charge in [0.05, 0.1) is 24.9 Å². The first-order valence-corrected chi connectivity index (χ1v) is 7.21. The lowest BCUT2D eigenvalue weighted by Crippen LogP contribution is -2.06. The SMILES string of the molecule is COc1ccc2c(NCCO)cc(-c3ccccc3)nc2c1. The lowest BCUT2D eigenvalue weighted by Gasteiger charge is -2.12. The van der Waals surface area contributed by atoms with Gasteiger partial charge in [-0.2, -0.15) is 0 Å². The average molecular weight is 294 g/mol. The molecule has 4 nitrogen and oxygen atoms in total. The number of aliphatic hydroxyl groups excluding tert-OH is 1. The molecule has 1 aromatic heterocycles. The van der Waals surface area contributed by atoms with E-state index >= 15 is 0 Å². The molecule has 2 aromatic carbocycles. The molecule has 0 aliphatic carbocycles. The molecule has 0 saturated carbocycles. The van der Waals surface area contributed by atoms with Crippen LogP contribution in [-0.4, -0.2) is 30.4 Å². The van der Waals surface area contributed by atoms with Crippen molar-refractivity contribution in [3.8, 4) is 17.0 Å². The number of ether oxygens (including phenoxy) is 1. The Balaban J connectivity index is 2.16. The zero-order valence-corrected chi connectivity index (χ0v) is 12.4. The van der Waals surface area contributed by atoms with Crippen LogP contribution in [0.4, 0.5) is 5.69 Å². The van der Waals surface area contributed by atoms with Gasteiger partial charge in [0.25, 0.3) is 0 Å². The van der Waals surface area contributed by atoms with E-state index in [2.05, 4.69) is 5.32 Å². The Hall–Kier alpha value is -2.59. The number of benzene rings is 2. The molecule has 0 bridgehead atoms. The van der Waals surface area contributed by atoms with Crippen molar-refractivity contribution in [2.24, 2.45) is 0 Å². The molecule has 22 heavy (non-hydrogen) atoms. The molecule has 3 aromatic rings. The molecule has 0 saturated heterocycles. The lowest BCUT2D eigenvalue weighted by atomic mass is 10.1. The average Bonchev–Trinajstić information content (AvgIpc) is 2.59. The van der Waals surface area contributed by atoms with E-state index in [1.807, 2.05) is 54.6 Å². The molecule has 0 spiro atoms. The molecule has 0 fully saturated rings. The van der Waals surface area contributed by atoms with E-state index in [1.54, 1.807) is 7.11 Å². The number of nitrogens with zero attached hydrogens (tertiary/aromatic N) is 1. The van der Waals surface area contributed by atoms with Crippen LogP contribution in [0.1, 0.15) is 0 Å². The van der Waals surface area contributed by atoms with Crippen LogP contribution in [-0.2, 0) is 0 Å². The van der Waals surface area contributed by atoms with E-state index in [-0.39, 0.29) is 6.61 Å². The van der Waals surface area contributed by atoms with E-state index in [1.165, 1.54) is 0 Å². The Morgan fingerprint density at radius 2 is 1.91 bits per heavy atom. The normalized spacial score (nSPS) is 10.6. The Labute approximate surface area is 129 Å². The molecule has 0 aliphatic heterocycles. The predicted molar refractivity (Wildman–Crippen MR) is 89.3 cm³/mol. The molecule has 2 N–H and O–H groups in total. The maximum absolute atomic E-state index is 9.07. The van der Waals surface area contributed by atoms with Crippen molar-refractivity contribution in [2.45, 2.75) is 0 Å². The van der Waals surface area contributed by atoms with Crippen LogP contribution in [0.25, 0.3) is 22.2 Å². The van der Waals surface area contributed by atoms with E-state index < -0.39 is 0 Å². The summed E-state index contributed by atoms with van der Waals surface area (Å²) in [5, 5.41) is 13.3. The van der Waals surface area contributed by atoms with Gasteiger partial charge in [0.2, 0.25) is 0 Å². The van der Waals surface area contributed by atoms with Crippen LogP contribution in [0.3, 0.4) is 0 Å². The first-order valence-electron chi connectivity index (χ1n) is 7.21. The third kappa shape index (κ3) is 2.87. The molecule has 112 valence electrons. The van der Waals surface area contributed by atoms with Crippen molar-refractivity contribution in [2.75, 3.05) is 25.6 Å². The molecule has 0 amide bonds. The predicted octanol–water partition coefficient (Wildman–Crippen LogP) is 3.31. The quantitative estimate of drug-likeness (QED) is 0.758. The summed E-state index contributed by atoms with van der Waals surface area (Å²) in [7, 11) is 1.65. The Morgan fingerprint density at radius 3 is 2.64 bits per heavy atom. The van der Waals surface area contributed by atoms with Crippen molar-refractivity contribution >= 4 is 16.6 Å². The zero-order valence-electron chi connectivity index (χ0n) is 12.4. The fraction of sp³-hybridized carbons (Fsp3) is 0.167. The standard InChI is InChI=1S/C18H18N2O2/c1-22-14-7-8-15-17(19-9-10-21)12-16(20-18(15)11-14)13-5-3-2-4-6-13/h2-8,11-12,21H,9-10H2,1H3,(H,19,20). The van der Waals surface area contributed by atoms with E-state index in [0.717, 1.165) is 33.6 Å². The van der Waals surface area contributed by atoms with E-state index in [4.69, 9.17) is 14.8 Å². The Bertz CT molecular complexity index is 773. The van der Waals surface area contributed by atoms with Crippen LogP contribution >= 0.6 is 0 Å². The Kier molecular flexibility index (Phi) is 4.21. The van der Waals surface area contributed by atoms with Crippen LogP contribution < -0.4 is 10.1 Å². The first-order chi connectivity index (χ1) is 10.8. The van der Waals surface area contributed by atoms with Crippen LogP contribution in [0.15, 0.2) is 54.6 Å². The highest BCUT2D eigenvalue weighted by Gasteiger charge is 2.08. The summed E-state index contributed by atoms with van der Waals surface area (Å²) < 4.78 is 5.29. The number of pyridine rings is 1. The summed E-state index contributed by atoms with van der Waals surface area (Å²) in [5.41, 5.74) is 3.77. The number of aliphatic hydroxyl groups is 1. The van der Waals surface area contributed by atoms with Crippen molar-refractivity contribution < 1.29 is 9.84 Å². The second-order valence-corrected chi connectivity index (χ2v) is 4.95. The monoisotopic (exact) mass is 294 g/mol. The maximum atomic E-state index is 9.07. The van der Waals surface area contributed by atoms with Gasteiger partial charge in [-0.1, -0.05) is 30.3 Å². The van der Waals surface area contributed by atoms with Gasteiger partial charge in [0.15, 0.2) is 0 Å². The molecule has 0 aliphatic rings. The topological polar surface area (TPSA) is 54.4 Å². The number of methoxy groups -OCH3 is 1. The smallest absolute Gasteiger partial charge is 0.121 e. The van der Waals surface area contributed by atoms with Crippen LogP contribution in [0.2, 0.25) is 0 Å². The number of hydrogen-bond donors (Lipinski definition) is 2. The first kappa shape index (κ1) is 14.4. The van der Waals surface area contributed by atoms with E-state index in [9.17, 15) is 0 Å². The minimum atomic E-state index is 0.0840. The van der Waals surface area contributed by atoms with Crippen molar-refractivity contribution in [3.05, 3.63) is 54.6 Å². The summed E-state index contributed by atoms with van der Waals surface area (Å²) in [6.07, 6.45) is 0. The van der Waals surface area contributed by atoms with Crippen LogP contribution in [0.5, 0.6) is 5.75 Å². The molecular weight excluding hydrogens is 276 g/mol. The van der Waals surface area contributed by atoms with Crippen LogP contribution in [0, 0.1) is 0 Å². The molecule has 1 heterocycles. The highest BCUT2D eigenvalue weighted by molar-refractivity contribution is 5.94. The number of hydrogen-bond acceptors (Lipinski definition) is 4. The van der Waals surface area contributed by atoms with Crippen molar-refractivity contribution in [1.82, 2.24) is 4.98 Å². The minimum Gasteiger partial charge on any atom is -0.497 e. The van der Waals surface area contributed by atoms with Gasteiger partial charge >= 0.3 is 0 Å². The van der Waals surface area contributed by atoms with Gasteiger partial charge in [0.1, 0.15) is 5.75 Å². The lowest BCUT2D eigenvalue weighted by molar-refractivity contribution is 0.311. The highest BCUT2D eigenvalue weighted by atomic mass is 16.5. The molecule has 0 radical (unpaired) electrons. The third-order valence-electron chi connectivity index (χ3n) is 3.51. The molecule has 3 rings (SSSR count). The van der Waals surface area contributed by atoms with Crippen molar-refractivity contribution in [1.29, 1.82) is 0 Å². The zero-order chi connectivity index (χ0) is 15.4. The second kappa shape index (κ2) is 6.45. The Morgan fingerprint density at radius 1 is 1.09 bits per heavy atom. The number of nitrogens with one attached hydrogen (secondary N) is 1. The van der Waals surface area contributed by atoms with Crippen molar-refractivity contribution in [3.63, 3.8) is 0 Å². The van der Waals surface area contributed by atoms with Gasteiger partial charge in [-0.05, 0) is 18.2 Å². The largest absolute Gasteiger partial charge is 0.497 e. The maximum Gasteiger partial charge on any atom is 0.121 e. The second-order valence-electron chi connectivity index (χ2n) is 4.95. The summed E-state index contributed by atoms with van der Waals surface area (Å²) in [4.78, 5) is 4.74. The number of anilines is 1. The summed E-state index contributed by atoms with van der Waals surface area (Å²) in [6.45, 7) is 0.583. The van der Waals surface area contributed by atoms with E-state index in [0.29, 0.717) is 6.54 Å². The van der Waals surface area contributed by atoms with Gasteiger partial charge < -0.3 is 15.2 Å². The fourth-order valence-electron chi connectivity index (χ4n) is 2.43. The summed E-state index contributed by atoms with van der Waals surface area (Å²) >= 11 is 0. The third-order valence-corrected chi connectivity index (χ3v) is 3.51. The number of aromatic nitrogens is 1. The minimum absolute atomic E-state index is 0.0840. The van der Waals surface area contributed by atoms with Gasteiger partial charge in [-0.15, -0.1) is 0 Å². The highest BCUT2D eigenvalue weighted by Crippen LogP contribution is 2.30. The number of fused-ring (bicyclic) bond motifs is 1. The van der Waals surface area contributed by atoms with Gasteiger partial charge in [0, 0.05) is 29.2 Å². The number of rotatable bonds is 5. The fourth-order valence-corrected chi connectivity index (χ4v) is 2.43. The molecule has 0 unspecified atom stereocenters. The summed E-state index contributed by atoms with van der Waals surface area (Å²) in [5.74, 6) is 0.776. The molecular formula is C18H18N2O2. The molecule has 4 heteroatoms. The molecule has 0 atom stereocenters.